The van der Waals surface area contributed by atoms with Gasteiger partial charge in [-0.05, 0) is 44.5 Å². The zero-order valence-electron chi connectivity index (χ0n) is 16.8. The predicted molar refractivity (Wildman–Crippen MR) is 116 cm³/mol. The minimum Gasteiger partial charge on any atom is -0.444 e. The zero-order chi connectivity index (χ0) is 20.5. The van der Waals surface area contributed by atoms with Crippen LogP contribution < -0.4 is 5.32 Å². The Morgan fingerprint density at radius 3 is 2.79 bits per heavy atom. The number of fused-ring (bicyclic) bond motifs is 1. The highest BCUT2D eigenvalue weighted by Gasteiger charge is 2.13. The molecule has 0 aliphatic heterocycles. The van der Waals surface area contributed by atoms with Crippen LogP contribution >= 0.6 is 11.3 Å². The second kappa shape index (κ2) is 7.67. The summed E-state index contributed by atoms with van der Waals surface area (Å²) >= 11 is 1.56. The lowest BCUT2D eigenvalue weighted by molar-refractivity contribution is 0.156. The first-order valence-corrected chi connectivity index (χ1v) is 10.1. The molecule has 0 spiro atoms. The number of amides is 1. The summed E-state index contributed by atoms with van der Waals surface area (Å²) in [5, 5.41) is 8.89. The normalized spacial score (nSPS) is 11.0. The fraction of sp³-hybridized carbons (Fsp3) is 0.227. The van der Waals surface area contributed by atoms with E-state index in [-0.39, 0.29) is 6.61 Å². The number of thiazole rings is 1. The Morgan fingerprint density at radius 2 is 2.00 bits per heavy atom. The van der Waals surface area contributed by atoms with E-state index in [4.69, 9.17) is 4.74 Å². The topological polar surface area (TPSA) is 69.0 Å². The lowest BCUT2D eigenvalue weighted by Crippen LogP contribution is -2.13. The Morgan fingerprint density at radius 1 is 1.17 bits per heavy atom. The van der Waals surface area contributed by atoms with Gasteiger partial charge in [-0.25, -0.2) is 9.78 Å². The lowest BCUT2D eigenvalue weighted by Gasteiger charge is -2.07. The van der Waals surface area contributed by atoms with Crippen molar-refractivity contribution in [2.75, 3.05) is 5.32 Å². The van der Waals surface area contributed by atoms with Gasteiger partial charge in [0, 0.05) is 23.7 Å². The molecule has 6 nitrogen and oxygen atoms in total. The molecule has 29 heavy (non-hydrogen) atoms. The molecule has 0 aliphatic rings. The number of ether oxygens (including phenoxy) is 1. The van der Waals surface area contributed by atoms with E-state index in [9.17, 15) is 4.79 Å². The van der Waals surface area contributed by atoms with Crippen molar-refractivity contribution in [2.24, 2.45) is 7.05 Å². The van der Waals surface area contributed by atoms with Gasteiger partial charge in [0.25, 0.3) is 0 Å². The van der Waals surface area contributed by atoms with Crippen molar-refractivity contribution in [3.8, 4) is 10.6 Å². The first kappa shape index (κ1) is 19.1. The molecule has 2 heterocycles. The Bertz CT molecular complexity index is 1210. The minimum atomic E-state index is -0.492. The van der Waals surface area contributed by atoms with Crippen molar-refractivity contribution in [1.29, 1.82) is 0 Å². The molecule has 2 aromatic heterocycles. The smallest absolute Gasteiger partial charge is 0.411 e. The van der Waals surface area contributed by atoms with E-state index < -0.39 is 6.09 Å². The number of carbonyl (C=O) groups excluding carboxylic acids is 1. The third kappa shape index (κ3) is 4.00. The molecule has 0 fully saturated rings. The van der Waals surface area contributed by atoms with Crippen LogP contribution in [0.1, 0.15) is 21.7 Å². The summed E-state index contributed by atoms with van der Waals surface area (Å²) in [6.07, 6.45) is 1.27. The number of aromatic nitrogens is 3. The van der Waals surface area contributed by atoms with Crippen molar-refractivity contribution >= 4 is 34.0 Å². The van der Waals surface area contributed by atoms with Crippen LogP contribution in [0.3, 0.4) is 0 Å². The van der Waals surface area contributed by atoms with Gasteiger partial charge < -0.3 is 4.74 Å². The van der Waals surface area contributed by atoms with Gasteiger partial charge in [0.2, 0.25) is 0 Å². The Balaban J connectivity index is 1.43. The number of nitrogens with one attached hydrogen (secondary N) is 1. The van der Waals surface area contributed by atoms with Crippen molar-refractivity contribution < 1.29 is 9.53 Å². The molecular weight excluding hydrogens is 384 g/mol. The molecule has 0 aliphatic carbocycles. The molecule has 0 saturated heterocycles. The van der Waals surface area contributed by atoms with E-state index in [2.05, 4.69) is 47.4 Å². The summed E-state index contributed by atoms with van der Waals surface area (Å²) in [7, 11) is 1.88. The Kier molecular flexibility index (Phi) is 5.07. The predicted octanol–water partition coefficient (Wildman–Crippen LogP) is 5.37. The molecule has 0 atom stereocenters. The lowest BCUT2D eigenvalue weighted by atomic mass is 10.1. The molecule has 0 bridgehead atoms. The van der Waals surface area contributed by atoms with E-state index >= 15 is 0 Å². The summed E-state index contributed by atoms with van der Waals surface area (Å²) in [5.74, 6) is 0. The second-order valence-corrected chi connectivity index (χ2v) is 8.17. The average molecular weight is 407 g/mol. The summed E-state index contributed by atoms with van der Waals surface area (Å²) in [5.41, 5.74) is 6.09. The maximum absolute atomic E-state index is 12.2. The highest BCUT2D eigenvalue weighted by Crippen LogP contribution is 2.31. The second-order valence-electron chi connectivity index (χ2n) is 7.09. The molecule has 7 heteroatoms. The molecule has 0 unspecified atom stereocenters. The molecule has 0 saturated carbocycles. The fourth-order valence-electron chi connectivity index (χ4n) is 3.26. The van der Waals surface area contributed by atoms with Crippen LogP contribution in [0.15, 0.2) is 42.6 Å². The minimum absolute atomic E-state index is 0.190. The third-order valence-corrected chi connectivity index (χ3v) is 6.00. The van der Waals surface area contributed by atoms with Gasteiger partial charge in [0.1, 0.15) is 11.6 Å². The van der Waals surface area contributed by atoms with Crippen LogP contribution in [-0.2, 0) is 18.4 Å². The third-order valence-electron chi connectivity index (χ3n) is 4.83. The fourth-order valence-corrected chi connectivity index (χ4v) is 4.32. The van der Waals surface area contributed by atoms with Crippen LogP contribution in [0.25, 0.3) is 21.5 Å². The maximum Gasteiger partial charge on any atom is 0.411 e. The Labute approximate surface area is 173 Å². The maximum atomic E-state index is 12.2. The quantitative estimate of drug-likeness (QED) is 0.495. The first-order chi connectivity index (χ1) is 13.9. The van der Waals surface area contributed by atoms with E-state index in [1.165, 1.54) is 11.1 Å². The first-order valence-electron chi connectivity index (χ1n) is 9.30. The molecule has 1 amide bonds. The summed E-state index contributed by atoms with van der Waals surface area (Å²) < 4.78 is 7.22. The van der Waals surface area contributed by atoms with Crippen LogP contribution in [0.4, 0.5) is 10.5 Å². The van der Waals surface area contributed by atoms with E-state index in [1.807, 2.05) is 32.2 Å². The zero-order valence-corrected chi connectivity index (χ0v) is 17.6. The monoisotopic (exact) mass is 406 g/mol. The van der Waals surface area contributed by atoms with Crippen LogP contribution in [0.2, 0.25) is 0 Å². The molecule has 0 radical (unpaired) electrons. The van der Waals surface area contributed by atoms with Gasteiger partial charge in [0.15, 0.2) is 0 Å². The van der Waals surface area contributed by atoms with Gasteiger partial charge >= 0.3 is 6.09 Å². The average Bonchev–Trinajstić information content (AvgIpc) is 3.22. The van der Waals surface area contributed by atoms with Gasteiger partial charge in [-0.3, -0.25) is 10.00 Å². The number of carbonyl (C=O) groups is 1. The molecule has 4 aromatic rings. The highest BCUT2D eigenvalue weighted by molar-refractivity contribution is 7.15. The molecular formula is C22H22N4O2S. The van der Waals surface area contributed by atoms with Crippen molar-refractivity contribution in [3.63, 3.8) is 0 Å². The summed E-state index contributed by atoms with van der Waals surface area (Å²) in [4.78, 5) is 17.8. The number of hydrogen-bond donors (Lipinski definition) is 1. The van der Waals surface area contributed by atoms with Crippen LogP contribution in [0.5, 0.6) is 0 Å². The summed E-state index contributed by atoms with van der Waals surface area (Å²) in [6.45, 7) is 6.29. The molecule has 2 aromatic carbocycles. The standard InChI is InChI=1S/C22H22N4O2S/c1-13-5-7-18(14(2)9-13)21-24-15(3)20(29-21)12-28-22(27)25-17-6-8-19-16(10-17)11-23-26(19)4/h5-11H,12H2,1-4H3,(H,25,27). The van der Waals surface area contributed by atoms with Crippen molar-refractivity contribution in [3.05, 3.63) is 64.3 Å². The Hall–Kier alpha value is -3.19. The molecule has 4 rings (SSSR count). The number of anilines is 1. The van der Waals surface area contributed by atoms with Gasteiger partial charge in [-0.15, -0.1) is 11.3 Å². The van der Waals surface area contributed by atoms with E-state index in [0.29, 0.717) is 5.69 Å². The van der Waals surface area contributed by atoms with Crippen molar-refractivity contribution in [1.82, 2.24) is 14.8 Å². The molecule has 1 N–H and O–H groups in total. The van der Waals surface area contributed by atoms with Crippen LogP contribution in [-0.4, -0.2) is 20.9 Å². The number of rotatable bonds is 4. The van der Waals surface area contributed by atoms with Gasteiger partial charge in [0.05, 0.1) is 22.3 Å². The van der Waals surface area contributed by atoms with Crippen molar-refractivity contribution in [2.45, 2.75) is 27.4 Å². The summed E-state index contributed by atoms with van der Waals surface area (Å²) in [6, 6.07) is 12.0. The number of aryl methyl sites for hydroxylation is 4. The van der Waals surface area contributed by atoms with Gasteiger partial charge in [-0.1, -0.05) is 23.8 Å². The van der Waals surface area contributed by atoms with Crippen LogP contribution in [0, 0.1) is 20.8 Å². The number of hydrogen-bond acceptors (Lipinski definition) is 5. The highest BCUT2D eigenvalue weighted by atomic mass is 32.1. The number of benzene rings is 2. The SMILES string of the molecule is Cc1ccc(-c2nc(C)c(COC(=O)Nc3ccc4c(cnn4C)c3)s2)c(C)c1. The van der Waals surface area contributed by atoms with E-state index in [1.54, 1.807) is 22.2 Å². The van der Waals surface area contributed by atoms with E-state index in [0.717, 1.165) is 32.0 Å². The number of nitrogens with zero attached hydrogens (tertiary/aromatic N) is 3. The largest absolute Gasteiger partial charge is 0.444 e. The van der Waals surface area contributed by atoms with Gasteiger partial charge in [-0.2, -0.15) is 5.10 Å². The molecule has 148 valence electrons.